The van der Waals surface area contributed by atoms with E-state index < -0.39 is 5.97 Å². The van der Waals surface area contributed by atoms with Crippen LogP contribution in [0.25, 0.3) is 11.0 Å². The second kappa shape index (κ2) is 8.36. The minimum atomic E-state index is -0.446. The van der Waals surface area contributed by atoms with Crippen molar-refractivity contribution in [3.63, 3.8) is 0 Å². The molecule has 0 radical (unpaired) electrons. The number of nitrogens with zero attached hydrogens (tertiary/aromatic N) is 1. The lowest BCUT2D eigenvalue weighted by molar-refractivity contribution is 0.0432. The van der Waals surface area contributed by atoms with E-state index in [1.165, 1.54) is 0 Å². The first kappa shape index (κ1) is 19.3. The summed E-state index contributed by atoms with van der Waals surface area (Å²) in [6, 6.07) is 1.88. The van der Waals surface area contributed by atoms with Gasteiger partial charge in [-0.25, -0.2) is 4.79 Å². The Morgan fingerprint density at radius 3 is 2.54 bits per heavy atom. The molecule has 0 atom stereocenters. The minimum absolute atomic E-state index is 0.227. The molecule has 0 unspecified atom stereocenters. The molecule has 0 aliphatic rings. The van der Waals surface area contributed by atoms with Gasteiger partial charge >= 0.3 is 5.97 Å². The summed E-state index contributed by atoms with van der Waals surface area (Å²) in [5.41, 5.74) is 1.32. The third kappa shape index (κ3) is 3.78. The van der Waals surface area contributed by atoms with E-state index in [1.54, 1.807) is 7.11 Å². The van der Waals surface area contributed by atoms with Crippen molar-refractivity contribution in [3.8, 4) is 5.75 Å². The van der Waals surface area contributed by atoms with E-state index in [4.69, 9.17) is 13.9 Å². The van der Waals surface area contributed by atoms with Crippen molar-refractivity contribution in [1.82, 2.24) is 4.90 Å². The molecule has 132 valence electrons. The lowest BCUT2D eigenvalue weighted by Gasteiger charge is -2.17. The topological polar surface area (TPSA) is 51.9 Å². The Bertz CT molecular complexity index is 738. The zero-order chi connectivity index (χ0) is 17.9. The van der Waals surface area contributed by atoms with Crippen molar-refractivity contribution in [1.29, 1.82) is 0 Å². The zero-order valence-corrected chi connectivity index (χ0v) is 17.4. The molecule has 0 saturated carbocycles. The van der Waals surface area contributed by atoms with Gasteiger partial charge in [0, 0.05) is 17.5 Å². The molecule has 0 saturated heterocycles. The quantitative estimate of drug-likeness (QED) is 0.554. The van der Waals surface area contributed by atoms with Crippen LogP contribution in [-0.4, -0.2) is 44.2 Å². The van der Waals surface area contributed by atoms with E-state index in [0.29, 0.717) is 29.0 Å². The molecule has 0 aliphatic carbocycles. The fourth-order valence-electron chi connectivity index (χ4n) is 2.52. The van der Waals surface area contributed by atoms with Gasteiger partial charge in [-0.1, -0.05) is 13.8 Å². The van der Waals surface area contributed by atoms with Crippen molar-refractivity contribution in [2.45, 2.75) is 20.8 Å². The summed E-state index contributed by atoms with van der Waals surface area (Å²) in [6.45, 7) is 8.91. The molecule has 1 heterocycles. The van der Waals surface area contributed by atoms with Crippen LogP contribution in [0.1, 0.15) is 30.0 Å². The first-order valence-electron chi connectivity index (χ1n) is 7.79. The average Bonchev–Trinajstić information content (AvgIpc) is 2.89. The van der Waals surface area contributed by atoms with Crippen LogP contribution < -0.4 is 4.74 Å². The summed E-state index contributed by atoms with van der Waals surface area (Å²) in [5.74, 6) is 0.404. The lowest BCUT2D eigenvalue weighted by atomic mass is 10.1. The number of likely N-dealkylation sites (N-methyl/N-ethyl adjacent to an activating group) is 1. The van der Waals surface area contributed by atoms with Gasteiger partial charge in [0.15, 0.2) is 11.3 Å². The predicted molar refractivity (Wildman–Crippen MR) is 101 cm³/mol. The van der Waals surface area contributed by atoms with Crippen LogP contribution in [0.5, 0.6) is 5.75 Å². The molecule has 2 rings (SSSR count). The molecular weight excluding hydrogens is 442 g/mol. The van der Waals surface area contributed by atoms with Gasteiger partial charge in [0.25, 0.3) is 0 Å². The fourth-order valence-corrected chi connectivity index (χ4v) is 4.04. The van der Waals surface area contributed by atoms with E-state index in [0.717, 1.165) is 28.5 Å². The number of fused-ring (bicyclic) bond motifs is 1. The highest BCUT2D eigenvalue weighted by Gasteiger charge is 2.23. The monoisotopic (exact) mass is 461 g/mol. The molecule has 0 bridgehead atoms. The number of aryl methyl sites for hydroxylation is 1. The molecule has 0 N–H and O–H groups in total. The van der Waals surface area contributed by atoms with Gasteiger partial charge in [0.05, 0.1) is 11.6 Å². The van der Waals surface area contributed by atoms with Crippen LogP contribution in [0.2, 0.25) is 0 Å². The highest BCUT2D eigenvalue weighted by atomic mass is 79.9. The maximum atomic E-state index is 12.4. The zero-order valence-electron chi connectivity index (χ0n) is 14.2. The van der Waals surface area contributed by atoms with Crippen LogP contribution in [-0.2, 0) is 4.74 Å². The first-order valence-corrected chi connectivity index (χ1v) is 9.37. The maximum absolute atomic E-state index is 12.4. The largest absolute Gasteiger partial charge is 0.494 e. The van der Waals surface area contributed by atoms with Gasteiger partial charge in [-0.15, -0.1) is 0 Å². The second-order valence-electron chi connectivity index (χ2n) is 5.30. The van der Waals surface area contributed by atoms with Crippen LogP contribution in [0.4, 0.5) is 0 Å². The number of carbonyl (C=O) groups is 1. The summed E-state index contributed by atoms with van der Waals surface area (Å²) < 4.78 is 17.9. The summed E-state index contributed by atoms with van der Waals surface area (Å²) in [6.07, 6.45) is 0. The van der Waals surface area contributed by atoms with Crippen molar-refractivity contribution >= 4 is 48.8 Å². The molecule has 1 aromatic heterocycles. The number of carbonyl (C=O) groups excluding carboxylic acids is 1. The molecule has 2 aromatic rings. The fraction of sp³-hybridized carbons (Fsp3) is 0.471. The minimum Gasteiger partial charge on any atom is -0.494 e. The van der Waals surface area contributed by atoms with Gasteiger partial charge in [-0.05, 0) is 57.9 Å². The number of esters is 1. The van der Waals surface area contributed by atoms with Crippen molar-refractivity contribution in [2.75, 3.05) is 33.4 Å². The predicted octanol–water partition coefficient (Wildman–Crippen LogP) is 4.77. The van der Waals surface area contributed by atoms with E-state index in [9.17, 15) is 4.79 Å². The van der Waals surface area contributed by atoms with Crippen molar-refractivity contribution in [3.05, 3.63) is 26.3 Å². The maximum Gasteiger partial charge on any atom is 0.374 e. The van der Waals surface area contributed by atoms with E-state index >= 15 is 0 Å². The highest BCUT2D eigenvalue weighted by molar-refractivity contribution is 9.11. The van der Waals surface area contributed by atoms with Gasteiger partial charge in [0.1, 0.15) is 11.1 Å². The van der Waals surface area contributed by atoms with Crippen LogP contribution in [0.15, 0.2) is 19.4 Å². The van der Waals surface area contributed by atoms with Gasteiger partial charge in [-0.3, -0.25) is 0 Å². The molecule has 0 fully saturated rings. The number of furan rings is 1. The Labute approximate surface area is 158 Å². The lowest BCUT2D eigenvalue weighted by Crippen LogP contribution is -2.27. The number of methoxy groups -OCH3 is 1. The van der Waals surface area contributed by atoms with E-state index in [1.807, 2.05) is 13.0 Å². The number of rotatable bonds is 7. The average molecular weight is 463 g/mol. The normalized spacial score (nSPS) is 11.3. The molecular formula is C17H21Br2NO4. The molecule has 1 aromatic carbocycles. The first-order chi connectivity index (χ1) is 11.4. The Morgan fingerprint density at radius 1 is 1.29 bits per heavy atom. The number of ether oxygens (including phenoxy) is 2. The molecule has 5 nitrogen and oxygen atoms in total. The van der Waals surface area contributed by atoms with Gasteiger partial charge in [-0.2, -0.15) is 0 Å². The van der Waals surface area contributed by atoms with Crippen molar-refractivity contribution in [2.24, 2.45) is 0 Å². The van der Waals surface area contributed by atoms with E-state index in [2.05, 4.69) is 50.6 Å². The van der Waals surface area contributed by atoms with Crippen LogP contribution >= 0.6 is 31.9 Å². The number of benzene rings is 1. The van der Waals surface area contributed by atoms with Gasteiger partial charge < -0.3 is 18.8 Å². The number of halogens is 2. The Balaban J connectivity index is 2.25. The van der Waals surface area contributed by atoms with Crippen LogP contribution in [0, 0.1) is 6.92 Å². The summed E-state index contributed by atoms with van der Waals surface area (Å²) in [7, 11) is 1.58. The van der Waals surface area contributed by atoms with E-state index in [-0.39, 0.29) is 5.76 Å². The second-order valence-corrected chi connectivity index (χ2v) is 6.95. The molecule has 24 heavy (non-hydrogen) atoms. The summed E-state index contributed by atoms with van der Waals surface area (Å²) in [4.78, 5) is 14.5. The number of hydrogen-bond acceptors (Lipinski definition) is 5. The van der Waals surface area contributed by atoms with Crippen molar-refractivity contribution < 1.29 is 18.7 Å². The molecule has 0 amide bonds. The van der Waals surface area contributed by atoms with Gasteiger partial charge in [0.2, 0.25) is 5.76 Å². The molecule has 0 aliphatic heterocycles. The Hall–Kier alpha value is -1.05. The summed E-state index contributed by atoms with van der Waals surface area (Å²) in [5, 5.41) is 0.838. The SMILES string of the molecule is CCN(CC)CCOC(=O)c1oc2c(Br)c(OC)c(Br)cc2c1C. The third-order valence-electron chi connectivity index (χ3n) is 4.00. The summed E-state index contributed by atoms with van der Waals surface area (Å²) >= 11 is 6.94. The Kier molecular flexibility index (Phi) is 6.71. The number of hydrogen-bond donors (Lipinski definition) is 0. The highest BCUT2D eigenvalue weighted by Crippen LogP contribution is 2.42. The standard InChI is InChI=1S/C17H21Br2NO4/c1-5-20(6-2)7-8-23-17(21)14-10(3)11-9-12(18)16(22-4)13(19)15(11)24-14/h9H,5-8H2,1-4H3. The Morgan fingerprint density at radius 2 is 1.96 bits per heavy atom. The third-order valence-corrected chi connectivity index (χ3v) is 5.31. The molecule has 0 spiro atoms. The molecule has 7 heteroatoms. The smallest absolute Gasteiger partial charge is 0.374 e. The van der Waals surface area contributed by atoms with Crippen LogP contribution in [0.3, 0.4) is 0 Å².